The predicted molar refractivity (Wildman–Crippen MR) is 106 cm³/mol. The van der Waals surface area contributed by atoms with Gasteiger partial charge in [-0.25, -0.2) is 0 Å². The lowest BCUT2D eigenvalue weighted by molar-refractivity contribution is -0.136. The van der Waals surface area contributed by atoms with Crippen molar-refractivity contribution in [3.05, 3.63) is 57.9 Å². The zero-order chi connectivity index (χ0) is 19.0. The molecule has 27 heavy (non-hydrogen) atoms. The third-order valence-corrected chi connectivity index (χ3v) is 6.24. The lowest BCUT2D eigenvalue weighted by Crippen LogP contribution is -2.43. The second-order valence-electron chi connectivity index (χ2n) is 7.13. The molecule has 3 aromatic rings. The minimum absolute atomic E-state index is 0.0421. The molecule has 5 nitrogen and oxygen atoms in total. The van der Waals surface area contributed by atoms with Gasteiger partial charge in [0.15, 0.2) is 0 Å². The van der Waals surface area contributed by atoms with Crippen LogP contribution in [0.15, 0.2) is 41.1 Å². The first-order valence-corrected chi connectivity index (χ1v) is 10.1. The maximum absolute atomic E-state index is 12.7. The van der Waals surface area contributed by atoms with Crippen molar-refractivity contribution < 1.29 is 14.7 Å². The Kier molecular flexibility index (Phi) is 4.74. The maximum atomic E-state index is 12.7. The summed E-state index contributed by atoms with van der Waals surface area (Å²) in [6.45, 7) is 0.710. The SMILES string of the molecule is CN(C(=O)Cc1ccsc1)[C@@H]1CCc2c(CC(=O)O)c3ccccc3n2C1. The van der Waals surface area contributed by atoms with Crippen LogP contribution in [0.1, 0.15) is 23.2 Å². The van der Waals surface area contributed by atoms with Crippen LogP contribution in [-0.2, 0) is 35.4 Å². The zero-order valence-electron chi connectivity index (χ0n) is 15.2. The number of carboxylic acid groups (broad SMARTS) is 1. The van der Waals surface area contributed by atoms with Crippen LogP contribution in [0, 0.1) is 0 Å². The topological polar surface area (TPSA) is 62.5 Å². The number of carboxylic acids is 1. The molecule has 0 radical (unpaired) electrons. The van der Waals surface area contributed by atoms with Crippen LogP contribution >= 0.6 is 11.3 Å². The number of carbonyl (C=O) groups excluding carboxylic acids is 1. The highest BCUT2D eigenvalue weighted by molar-refractivity contribution is 7.08. The van der Waals surface area contributed by atoms with Crippen molar-refractivity contribution in [1.29, 1.82) is 0 Å². The zero-order valence-corrected chi connectivity index (χ0v) is 16.0. The van der Waals surface area contributed by atoms with Crippen molar-refractivity contribution in [3.8, 4) is 0 Å². The van der Waals surface area contributed by atoms with E-state index in [0.717, 1.165) is 40.6 Å². The molecule has 6 heteroatoms. The van der Waals surface area contributed by atoms with Crippen LogP contribution in [0.25, 0.3) is 10.9 Å². The number of fused-ring (bicyclic) bond motifs is 3. The Morgan fingerprint density at radius 3 is 2.81 bits per heavy atom. The molecule has 0 bridgehead atoms. The Morgan fingerprint density at radius 2 is 2.07 bits per heavy atom. The van der Waals surface area contributed by atoms with Crippen molar-refractivity contribution in [2.45, 2.75) is 38.3 Å². The number of para-hydroxylation sites is 1. The van der Waals surface area contributed by atoms with Crippen molar-refractivity contribution in [1.82, 2.24) is 9.47 Å². The molecule has 140 valence electrons. The molecule has 1 aromatic carbocycles. The summed E-state index contributed by atoms with van der Waals surface area (Å²) in [5, 5.41) is 14.3. The average molecular weight is 382 g/mol. The largest absolute Gasteiger partial charge is 0.481 e. The highest BCUT2D eigenvalue weighted by Gasteiger charge is 2.29. The molecule has 1 aliphatic heterocycles. The summed E-state index contributed by atoms with van der Waals surface area (Å²) in [7, 11) is 1.88. The Morgan fingerprint density at radius 1 is 1.26 bits per heavy atom. The fourth-order valence-electron chi connectivity index (χ4n) is 4.09. The number of rotatable bonds is 5. The first kappa shape index (κ1) is 17.8. The van der Waals surface area contributed by atoms with Gasteiger partial charge in [0.1, 0.15) is 0 Å². The molecule has 4 rings (SSSR count). The summed E-state index contributed by atoms with van der Waals surface area (Å²) >= 11 is 1.61. The fourth-order valence-corrected chi connectivity index (χ4v) is 4.76. The van der Waals surface area contributed by atoms with Gasteiger partial charge >= 0.3 is 5.97 Å². The van der Waals surface area contributed by atoms with Crippen LogP contribution in [0.3, 0.4) is 0 Å². The molecule has 2 aromatic heterocycles. The van der Waals surface area contributed by atoms with E-state index in [2.05, 4.69) is 4.57 Å². The molecule has 0 fully saturated rings. The predicted octanol–water partition coefficient (Wildman–Crippen LogP) is 3.35. The number of hydrogen-bond acceptors (Lipinski definition) is 3. The Bertz CT molecular complexity index is 990. The Hall–Kier alpha value is -2.60. The summed E-state index contributed by atoms with van der Waals surface area (Å²) < 4.78 is 2.22. The van der Waals surface area contributed by atoms with Gasteiger partial charge in [-0.3, -0.25) is 9.59 Å². The van der Waals surface area contributed by atoms with E-state index in [1.165, 1.54) is 0 Å². The maximum Gasteiger partial charge on any atom is 0.307 e. The molecule has 0 aliphatic carbocycles. The van der Waals surface area contributed by atoms with Gasteiger partial charge in [-0.1, -0.05) is 18.2 Å². The summed E-state index contributed by atoms with van der Waals surface area (Å²) in [5.41, 5.74) is 4.15. The number of amides is 1. The van der Waals surface area contributed by atoms with Gasteiger partial charge in [0.25, 0.3) is 0 Å². The number of thiophene rings is 1. The number of nitrogens with zero attached hydrogens (tertiary/aromatic N) is 2. The summed E-state index contributed by atoms with van der Waals surface area (Å²) in [6, 6.07) is 10.1. The summed E-state index contributed by atoms with van der Waals surface area (Å²) in [4.78, 5) is 25.9. The number of likely N-dealkylation sites (N-methyl/N-ethyl adjacent to an activating group) is 1. The van der Waals surface area contributed by atoms with Gasteiger partial charge in [0.2, 0.25) is 5.91 Å². The number of aromatic nitrogens is 1. The van der Waals surface area contributed by atoms with Gasteiger partial charge in [0, 0.05) is 36.2 Å². The van der Waals surface area contributed by atoms with Gasteiger partial charge < -0.3 is 14.6 Å². The minimum atomic E-state index is -0.806. The number of hydrogen-bond donors (Lipinski definition) is 1. The van der Waals surface area contributed by atoms with E-state index in [9.17, 15) is 14.7 Å². The molecular weight excluding hydrogens is 360 g/mol. The highest BCUT2D eigenvalue weighted by Crippen LogP contribution is 2.32. The monoisotopic (exact) mass is 382 g/mol. The number of carbonyl (C=O) groups is 2. The van der Waals surface area contributed by atoms with E-state index in [0.29, 0.717) is 13.0 Å². The van der Waals surface area contributed by atoms with Crippen LogP contribution in [0.5, 0.6) is 0 Å². The lowest BCUT2D eigenvalue weighted by atomic mass is 9.99. The van der Waals surface area contributed by atoms with Crippen molar-refractivity contribution in [2.75, 3.05) is 7.05 Å². The van der Waals surface area contributed by atoms with Crippen LogP contribution in [-0.4, -0.2) is 39.5 Å². The first-order valence-electron chi connectivity index (χ1n) is 9.12. The molecule has 0 unspecified atom stereocenters. The van der Waals surface area contributed by atoms with Gasteiger partial charge in [-0.05, 0) is 46.9 Å². The van der Waals surface area contributed by atoms with Crippen molar-refractivity contribution in [2.24, 2.45) is 0 Å². The first-order chi connectivity index (χ1) is 13.0. The molecular formula is C21H22N2O3S. The second-order valence-corrected chi connectivity index (χ2v) is 7.91. The third-order valence-electron chi connectivity index (χ3n) is 5.51. The van der Waals surface area contributed by atoms with E-state index in [1.807, 2.05) is 53.0 Å². The molecule has 0 spiro atoms. The van der Waals surface area contributed by atoms with Crippen molar-refractivity contribution >= 4 is 34.1 Å². The molecule has 1 atom stereocenters. The van der Waals surface area contributed by atoms with E-state index in [1.54, 1.807) is 11.3 Å². The second kappa shape index (κ2) is 7.19. The summed E-state index contributed by atoms with van der Waals surface area (Å²) in [5.74, 6) is -0.677. The van der Waals surface area contributed by atoms with Crippen LogP contribution in [0.4, 0.5) is 0 Å². The van der Waals surface area contributed by atoms with Gasteiger partial charge in [-0.2, -0.15) is 11.3 Å². The summed E-state index contributed by atoms with van der Waals surface area (Å²) in [6.07, 6.45) is 2.12. The number of benzene rings is 1. The van der Waals surface area contributed by atoms with Crippen LogP contribution in [0.2, 0.25) is 0 Å². The average Bonchev–Trinajstić information content (AvgIpc) is 3.27. The smallest absolute Gasteiger partial charge is 0.307 e. The normalized spacial score (nSPS) is 16.3. The standard InChI is InChI=1S/C21H22N2O3S/c1-22(20(24)10-14-8-9-27-13-14)15-6-7-19-17(11-21(25)26)16-4-2-3-5-18(16)23(19)12-15/h2-5,8-9,13,15H,6-7,10-12H2,1H3,(H,25,26)/t15-/m1/s1. The molecule has 1 N–H and O–H groups in total. The third kappa shape index (κ3) is 3.37. The van der Waals surface area contributed by atoms with E-state index < -0.39 is 5.97 Å². The fraction of sp³-hybridized carbons (Fsp3) is 0.333. The Labute approximate surface area is 161 Å². The quantitative estimate of drug-likeness (QED) is 0.736. The lowest BCUT2D eigenvalue weighted by Gasteiger charge is -2.33. The molecule has 1 aliphatic rings. The van der Waals surface area contributed by atoms with Crippen molar-refractivity contribution in [3.63, 3.8) is 0 Å². The van der Waals surface area contributed by atoms with E-state index in [4.69, 9.17) is 0 Å². The van der Waals surface area contributed by atoms with E-state index >= 15 is 0 Å². The van der Waals surface area contributed by atoms with E-state index in [-0.39, 0.29) is 18.4 Å². The highest BCUT2D eigenvalue weighted by atomic mass is 32.1. The Balaban J connectivity index is 1.61. The molecule has 1 amide bonds. The molecule has 3 heterocycles. The number of aliphatic carboxylic acids is 1. The van der Waals surface area contributed by atoms with Gasteiger partial charge in [0.05, 0.1) is 12.8 Å². The van der Waals surface area contributed by atoms with Gasteiger partial charge in [-0.15, -0.1) is 0 Å². The molecule has 0 saturated heterocycles. The van der Waals surface area contributed by atoms with Crippen LogP contribution < -0.4 is 0 Å². The molecule has 0 saturated carbocycles. The minimum Gasteiger partial charge on any atom is -0.481 e.